The molecule has 0 aliphatic carbocycles. The molecule has 0 fully saturated rings. The van der Waals surface area contributed by atoms with Gasteiger partial charge in [0, 0.05) is 12.1 Å². The number of hydrogen-bond acceptors (Lipinski definition) is 2. The van der Waals surface area contributed by atoms with Crippen molar-refractivity contribution in [2.45, 2.75) is 53.9 Å². The molecule has 1 N–H and O–H groups in total. The van der Waals surface area contributed by atoms with Gasteiger partial charge in [0.15, 0.2) is 0 Å². The Morgan fingerprint density at radius 1 is 1.05 bits per heavy atom. The SMILES string of the molecule is CCN(CC)CCCCC(=O)Nc1c(C)cc(C)cc1C. The number of hydrogen-bond donors (Lipinski definition) is 1. The number of anilines is 1. The number of benzene rings is 1. The maximum Gasteiger partial charge on any atom is 0.224 e. The number of carbonyl (C=O) groups is 1. The normalized spacial score (nSPS) is 11.0. The molecule has 0 aliphatic rings. The van der Waals surface area contributed by atoms with Crippen LogP contribution in [0.5, 0.6) is 0 Å². The summed E-state index contributed by atoms with van der Waals surface area (Å²) in [6.07, 6.45) is 2.64. The average molecular weight is 290 g/mol. The molecule has 3 nitrogen and oxygen atoms in total. The highest BCUT2D eigenvalue weighted by Crippen LogP contribution is 2.22. The second kappa shape index (κ2) is 8.83. The summed E-state index contributed by atoms with van der Waals surface area (Å²) in [4.78, 5) is 14.5. The van der Waals surface area contributed by atoms with Crippen LogP contribution in [0.2, 0.25) is 0 Å². The largest absolute Gasteiger partial charge is 0.326 e. The highest BCUT2D eigenvalue weighted by molar-refractivity contribution is 5.92. The van der Waals surface area contributed by atoms with Crippen LogP contribution in [0.15, 0.2) is 12.1 Å². The van der Waals surface area contributed by atoms with Gasteiger partial charge >= 0.3 is 0 Å². The Morgan fingerprint density at radius 3 is 2.14 bits per heavy atom. The van der Waals surface area contributed by atoms with Gasteiger partial charge in [-0.3, -0.25) is 4.79 Å². The lowest BCUT2D eigenvalue weighted by atomic mass is 10.0. The van der Waals surface area contributed by atoms with E-state index in [9.17, 15) is 4.79 Å². The van der Waals surface area contributed by atoms with Gasteiger partial charge in [-0.1, -0.05) is 31.5 Å². The van der Waals surface area contributed by atoms with Crippen molar-refractivity contribution < 1.29 is 4.79 Å². The highest BCUT2D eigenvalue weighted by atomic mass is 16.1. The van der Waals surface area contributed by atoms with Crippen molar-refractivity contribution in [2.24, 2.45) is 0 Å². The lowest BCUT2D eigenvalue weighted by Gasteiger charge is -2.17. The Hall–Kier alpha value is -1.35. The molecule has 1 amide bonds. The number of amides is 1. The molecule has 0 unspecified atom stereocenters. The number of aryl methyl sites for hydroxylation is 3. The standard InChI is InChI=1S/C18H30N2O/c1-6-20(7-2)11-9-8-10-17(21)19-18-15(4)12-14(3)13-16(18)5/h12-13H,6-11H2,1-5H3,(H,19,21). The first-order chi connectivity index (χ1) is 9.97. The predicted molar refractivity (Wildman–Crippen MR) is 90.9 cm³/mol. The van der Waals surface area contributed by atoms with Crippen LogP contribution in [0, 0.1) is 20.8 Å². The van der Waals surface area contributed by atoms with Crippen molar-refractivity contribution in [2.75, 3.05) is 25.0 Å². The molecule has 0 heterocycles. The zero-order valence-electron chi connectivity index (χ0n) is 14.3. The van der Waals surface area contributed by atoms with Gasteiger partial charge in [0.1, 0.15) is 0 Å². The van der Waals surface area contributed by atoms with E-state index in [2.05, 4.69) is 57.0 Å². The number of rotatable bonds is 8. The fourth-order valence-corrected chi connectivity index (χ4v) is 2.74. The molecule has 0 radical (unpaired) electrons. The summed E-state index contributed by atoms with van der Waals surface area (Å²) in [6.45, 7) is 13.8. The van der Waals surface area contributed by atoms with Gasteiger partial charge in [0.05, 0.1) is 0 Å². The summed E-state index contributed by atoms with van der Waals surface area (Å²) in [5.41, 5.74) is 4.50. The Labute approximate surface area is 129 Å². The Morgan fingerprint density at radius 2 is 1.62 bits per heavy atom. The summed E-state index contributed by atoms with van der Waals surface area (Å²) in [7, 11) is 0. The first-order valence-corrected chi connectivity index (χ1v) is 8.08. The van der Waals surface area contributed by atoms with E-state index in [4.69, 9.17) is 0 Å². The van der Waals surface area contributed by atoms with Crippen molar-refractivity contribution >= 4 is 11.6 Å². The number of unbranched alkanes of at least 4 members (excludes halogenated alkanes) is 1. The van der Waals surface area contributed by atoms with Gasteiger partial charge in [-0.05, 0) is 64.4 Å². The summed E-state index contributed by atoms with van der Waals surface area (Å²) in [6, 6.07) is 4.23. The molecule has 3 heteroatoms. The van der Waals surface area contributed by atoms with Crippen LogP contribution in [0.1, 0.15) is 49.8 Å². The average Bonchev–Trinajstić information content (AvgIpc) is 2.43. The zero-order chi connectivity index (χ0) is 15.8. The second-order valence-corrected chi connectivity index (χ2v) is 5.81. The van der Waals surface area contributed by atoms with Crippen LogP contribution < -0.4 is 5.32 Å². The second-order valence-electron chi connectivity index (χ2n) is 5.81. The number of carbonyl (C=O) groups excluding carboxylic acids is 1. The van der Waals surface area contributed by atoms with E-state index in [-0.39, 0.29) is 5.91 Å². The number of nitrogens with one attached hydrogen (secondary N) is 1. The van der Waals surface area contributed by atoms with E-state index in [1.54, 1.807) is 0 Å². The van der Waals surface area contributed by atoms with E-state index >= 15 is 0 Å². The molecule has 21 heavy (non-hydrogen) atoms. The fourth-order valence-electron chi connectivity index (χ4n) is 2.74. The monoisotopic (exact) mass is 290 g/mol. The number of nitrogens with zero attached hydrogens (tertiary/aromatic N) is 1. The van der Waals surface area contributed by atoms with Crippen molar-refractivity contribution in [3.05, 3.63) is 28.8 Å². The predicted octanol–water partition coefficient (Wildman–Crippen LogP) is 4.06. The fraction of sp³-hybridized carbons (Fsp3) is 0.611. The molecule has 0 saturated heterocycles. The van der Waals surface area contributed by atoms with Crippen LogP contribution in [0.25, 0.3) is 0 Å². The van der Waals surface area contributed by atoms with Crippen LogP contribution >= 0.6 is 0 Å². The smallest absolute Gasteiger partial charge is 0.224 e. The minimum atomic E-state index is 0.129. The van der Waals surface area contributed by atoms with E-state index in [0.29, 0.717) is 6.42 Å². The zero-order valence-corrected chi connectivity index (χ0v) is 14.3. The molecular weight excluding hydrogens is 260 g/mol. The summed E-state index contributed by atoms with van der Waals surface area (Å²) >= 11 is 0. The lowest BCUT2D eigenvalue weighted by molar-refractivity contribution is -0.116. The summed E-state index contributed by atoms with van der Waals surface area (Å²) in [5, 5.41) is 3.07. The molecule has 1 aromatic carbocycles. The van der Waals surface area contributed by atoms with E-state index in [0.717, 1.165) is 49.3 Å². The lowest BCUT2D eigenvalue weighted by Crippen LogP contribution is -2.24. The summed E-state index contributed by atoms with van der Waals surface area (Å²) < 4.78 is 0. The third-order valence-electron chi connectivity index (χ3n) is 3.96. The molecule has 0 bridgehead atoms. The van der Waals surface area contributed by atoms with Crippen molar-refractivity contribution in [1.82, 2.24) is 4.90 Å². The van der Waals surface area contributed by atoms with Crippen LogP contribution in [-0.4, -0.2) is 30.4 Å². The molecule has 0 aliphatic heterocycles. The first-order valence-electron chi connectivity index (χ1n) is 8.08. The van der Waals surface area contributed by atoms with Crippen LogP contribution in [0.3, 0.4) is 0 Å². The van der Waals surface area contributed by atoms with Crippen molar-refractivity contribution in [3.8, 4) is 0 Å². The van der Waals surface area contributed by atoms with Gasteiger partial charge in [-0.2, -0.15) is 0 Å². The molecule has 1 rings (SSSR count). The molecule has 0 saturated carbocycles. The molecule has 0 atom stereocenters. The van der Waals surface area contributed by atoms with E-state index in [1.165, 1.54) is 5.56 Å². The van der Waals surface area contributed by atoms with Gasteiger partial charge in [-0.15, -0.1) is 0 Å². The molecular formula is C18H30N2O. The third-order valence-corrected chi connectivity index (χ3v) is 3.96. The van der Waals surface area contributed by atoms with Gasteiger partial charge in [-0.25, -0.2) is 0 Å². The molecule has 0 spiro atoms. The van der Waals surface area contributed by atoms with Crippen LogP contribution in [0.4, 0.5) is 5.69 Å². The first kappa shape index (κ1) is 17.7. The minimum absolute atomic E-state index is 0.129. The maximum absolute atomic E-state index is 12.1. The minimum Gasteiger partial charge on any atom is -0.326 e. The van der Waals surface area contributed by atoms with Crippen molar-refractivity contribution in [1.29, 1.82) is 0 Å². The Kier molecular flexibility index (Phi) is 7.44. The van der Waals surface area contributed by atoms with Crippen LogP contribution in [-0.2, 0) is 4.79 Å². The third kappa shape index (κ3) is 5.88. The van der Waals surface area contributed by atoms with Gasteiger partial charge in [0.2, 0.25) is 5.91 Å². The maximum atomic E-state index is 12.1. The molecule has 118 valence electrons. The van der Waals surface area contributed by atoms with Gasteiger partial charge < -0.3 is 10.2 Å². The summed E-state index contributed by atoms with van der Waals surface area (Å²) in [5.74, 6) is 0.129. The molecule has 1 aromatic rings. The van der Waals surface area contributed by atoms with E-state index < -0.39 is 0 Å². The quantitative estimate of drug-likeness (QED) is 0.732. The van der Waals surface area contributed by atoms with Gasteiger partial charge in [0.25, 0.3) is 0 Å². The topological polar surface area (TPSA) is 32.3 Å². The van der Waals surface area contributed by atoms with Crippen molar-refractivity contribution in [3.63, 3.8) is 0 Å². The van der Waals surface area contributed by atoms with E-state index in [1.807, 2.05) is 0 Å². The molecule has 0 aromatic heterocycles. The Bertz CT molecular complexity index is 441. The highest BCUT2D eigenvalue weighted by Gasteiger charge is 2.08. The Balaban J connectivity index is 2.41.